The van der Waals surface area contributed by atoms with Crippen molar-refractivity contribution in [2.45, 2.75) is 37.5 Å². The van der Waals surface area contributed by atoms with Gasteiger partial charge in [0.05, 0.1) is 5.41 Å². The molecule has 6 rings (SSSR count). The summed E-state index contributed by atoms with van der Waals surface area (Å²) < 4.78 is 12.4. The highest BCUT2D eigenvalue weighted by atomic mass is 16.5. The molecule has 0 radical (unpaired) electrons. The number of carbonyl (C=O) groups excluding carboxylic acids is 2. The number of nitrogens with two attached hydrogens (primary N) is 1. The number of benzene rings is 6. The SMILES string of the molecule is NC(=O)[C@H](Cc1ccc(OCc2ccccc2)c(OCc2ccccc2)c1)NC(=O)CC(c1ccccc1)(c1ccccc1)c1ccccc1. The molecule has 6 aromatic carbocycles. The van der Waals surface area contributed by atoms with Crippen molar-refractivity contribution < 1.29 is 19.1 Å². The fourth-order valence-corrected chi connectivity index (χ4v) is 6.30. The van der Waals surface area contributed by atoms with Gasteiger partial charge in [-0.25, -0.2) is 0 Å². The van der Waals surface area contributed by atoms with Crippen LogP contribution in [0.2, 0.25) is 0 Å². The zero-order chi connectivity index (χ0) is 34.6. The van der Waals surface area contributed by atoms with Crippen molar-refractivity contribution in [3.8, 4) is 11.5 Å². The molecule has 0 aromatic heterocycles. The van der Waals surface area contributed by atoms with Gasteiger partial charge < -0.3 is 20.5 Å². The molecular formula is C44H40N2O4. The van der Waals surface area contributed by atoms with Crippen LogP contribution < -0.4 is 20.5 Å². The molecule has 3 N–H and O–H groups in total. The number of primary amides is 1. The number of carbonyl (C=O) groups is 2. The summed E-state index contributed by atoms with van der Waals surface area (Å²) in [5, 5.41) is 2.98. The van der Waals surface area contributed by atoms with Gasteiger partial charge in [0.2, 0.25) is 11.8 Å². The highest BCUT2D eigenvalue weighted by Gasteiger charge is 2.39. The Bertz CT molecular complexity index is 1870. The lowest BCUT2D eigenvalue weighted by atomic mass is 9.67. The van der Waals surface area contributed by atoms with Crippen molar-refractivity contribution in [2.75, 3.05) is 0 Å². The topological polar surface area (TPSA) is 90.7 Å². The Morgan fingerprint density at radius 3 is 1.40 bits per heavy atom. The molecule has 0 fully saturated rings. The molecule has 0 spiro atoms. The zero-order valence-electron chi connectivity index (χ0n) is 27.8. The van der Waals surface area contributed by atoms with Crippen molar-refractivity contribution in [3.63, 3.8) is 0 Å². The molecule has 250 valence electrons. The second kappa shape index (κ2) is 16.3. The Morgan fingerprint density at radius 1 is 0.540 bits per heavy atom. The maximum absolute atomic E-state index is 14.1. The van der Waals surface area contributed by atoms with E-state index in [9.17, 15) is 9.59 Å². The minimum Gasteiger partial charge on any atom is -0.485 e. The van der Waals surface area contributed by atoms with Crippen LogP contribution >= 0.6 is 0 Å². The van der Waals surface area contributed by atoms with E-state index in [1.165, 1.54) is 0 Å². The third-order valence-corrected chi connectivity index (χ3v) is 8.83. The Labute approximate surface area is 293 Å². The first-order valence-corrected chi connectivity index (χ1v) is 16.7. The highest BCUT2D eigenvalue weighted by molar-refractivity contribution is 5.88. The first-order valence-electron chi connectivity index (χ1n) is 16.7. The van der Waals surface area contributed by atoms with E-state index >= 15 is 0 Å². The summed E-state index contributed by atoms with van der Waals surface area (Å²) in [5.74, 6) is 0.188. The van der Waals surface area contributed by atoms with Crippen molar-refractivity contribution in [2.24, 2.45) is 5.73 Å². The maximum Gasteiger partial charge on any atom is 0.240 e. The van der Waals surface area contributed by atoms with Crippen LogP contribution in [-0.4, -0.2) is 17.9 Å². The third-order valence-electron chi connectivity index (χ3n) is 8.83. The summed E-state index contributed by atoms with van der Waals surface area (Å²) in [5.41, 5.74) is 10.8. The quantitative estimate of drug-likeness (QED) is 0.110. The minimum absolute atomic E-state index is 0.0620. The lowest BCUT2D eigenvalue weighted by Crippen LogP contribution is -2.48. The van der Waals surface area contributed by atoms with Crippen LogP contribution in [0.15, 0.2) is 170 Å². The number of nitrogens with one attached hydrogen (secondary N) is 1. The van der Waals surface area contributed by atoms with Crippen LogP contribution in [0.5, 0.6) is 11.5 Å². The first-order chi connectivity index (χ1) is 24.5. The predicted molar refractivity (Wildman–Crippen MR) is 197 cm³/mol. The van der Waals surface area contributed by atoms with E-state index in [0.29, 0.717) is 24.7 Å². The predicted octanol–water partition coefficient (Wildman–Crippen LogP) is 7.78. The van der Waals surface area contributed by atoms with E-state index in [1.807, 2.05) is 170 Å². The van der Waals surface area contributed by atoms with Gasteiger partial charge in [-0.2, -0.15) is 0 Å². The molecule has 0 saturated carbocycles. The Kier molecular flexibility index (Phi) is 11.0. The summed E-state index contributed by atoms with van der Waals surface area (Å²) >= 11 is 0. The van der Waals surface area contributed by atoms with Crippen LogP contribution in [-0.2, 0) is 34.6 Å². The van der Waals surface area contributed by atoms with Gasteiger partial charge in [0, 0.05) is 12.8 Å². The van der Waals surface area contributed by atoms with Crippen molar-refractivity contribution in [3.05, 3.63) is 203 Å². The highest BCUT2D eigenvalue weighted by Crippen LogP contribution is 2.42. The number of rotatable bonds is 15. The monoisotopic (exact) mass is 660 g/mol. The molecule has 2 amide bonds. The minimum atomic E-state index is -0.958. The Balaban J connectivity index is 1.26. The van der Waals surface area contributed by atoms with Crippen molar-refractivity contribution in [1.82, 2.24) is 5.32 Å². The molecule has 50 heavy (non-hydrogen) atoms. The summed E-state index contributed by atoms with van der Waals surface area (Å²) in [6.45, 7) is 0.705. The third kappa shape index (κ3) is 8.28. The van der Waals surface area contributed by atoms with Crippen molar-refractivity contribution >= 4 is 11.8 Å². The molecule has 6 nitrogen and oxygen atoms in total. The van der Waals surface area contributed by atoms with Gasteiger partial charge >= 0.3 is 0 Å². The number of hydrogen-bond acceptors (Lipinski definition) is 4. The number of hydrogen-bond donors (Lipinski definition) is 2. The van der Waals surface area contributed by atoms with E-state index in [1.54, 1.807) is 0 Å². The summed E-state index contributed by atoms with van der Waals surface area (Å²) in [4.78, 5) is 27.0. The van der Waals surface area contributed by atoms with Gasteiger partial charge in [-0.3, -0.25) is 9.59 Å². The largest absolute Gasteiger partial charge is 0.485 e. The second-order valence-electron chi connectivity index (χ2n) is 12.2. The lowest BCUT2D eigenvalue weighted by Gasteiger charge is -2.36. The number of ether oxygens (including phenoxy) is 2. The Morgan fingerprint density at radius 2 is 0.960 bits per heavy atom. The molecule has 6 aromatic rings. The van der Waals surface area contributed by atoms with E-state index in [2.05, 4.69) is 5.32 Å². The van der Waals surface area contributed by atoms with Gasteiger partial charge in [0.1, 0.15) is 19.3 Å². The molecule has 0 unspecified atom stereocenters. The number of amides is 2. The smallest absolute Gasteiger partial charge is 0.240 e. The molecule has 6 heteroatoms. The van der Waals surface area contributed by atoms with Gasteiger partial charge in [-0.05, 0) is 45.5 Å². The van der Waals surface area contributed by atoms with Crippen LogP contribution in [0.3, 0.4) is 0 Å². The molecule has 0 aliphatic rings. The molecular weight excluding hydrogens is 620 g/mol. The summed E-state index contributed by atoms with van der Waals surface area (Å²) in [6, 6.07) is 54.4. The van der Waals surface area contributed by atoms with E-state index in [0.717, 1.165) is 33.4 Å². The molecule has 0 aliphatic carbocycles. The zero-order valence-corrected chi connectivity index (χ0v) is 27.8. The van der Waals surface area contributed by atoms with Gasteiger partial charge in [0.15, 0.2) is 11.5 Å². The van der Waals surface area contributed by atoms with Crippen LogP contribution in [0, 0.1) is 0 Å². The normalized spacial score (nSPS) is 11.7. The molecule has 0 bridgehead atoms. The Hall–Kier alpha value is -6.14. The second-order valence-corrected chi connectivity index (χ2v) is 12.2. The molecule has 0 saturated heterocycles. The maximum atomic E-state index is 14.1. The average Bonchev–Trinajstić information content (AvgIpc) is 3.17. The van der Waals surface area contributed by atoms with Gasteiger partial charge in [-0.1, -0.05) is 158 Å². The standard InChI is InChI=1S/C44H40N2O4/c45-43(48)39(28-35-26-27-40(49-31-33-16-6-1-7-17-33)41(29-35)50-32-34-18-8-2-9-19-34)46-42(47)30-44(36-20-10-3-11-21-36,37-22-12-4-13-23-37)38-24-14-5-15-25-38/h1-27,29,39H,28,30-32H2,(H2,45,48)(H,46,47)/t39-/m0/s1. The average molecular weight is 661 g/mol. The van der Waals surface area contributed by atoms with Crippen molar-refractivity contribution in [1.29, 1.82) is 0 Å². The molecule has 0 heterocycles. The first kappa shape index (κ1) is 33.7. The van der Waals surface area contributed by atoms with E-state index < -0.39 is 17.4 Å². The lowest BCUT2D eigenvalue weighted by molar-refractivity contribution is -0.127. The summed E-state index contributed by atoms with van der Waals surface area (Å²) in [6.07, 6.45) is 0.239. The van der Waals surface area contributed by atoms with Gasteiger partial charge in [0.25, 0.3) is 0 Å². The van der Waals surface area contributed by atoms with Crippen LogP contribution in [0.25, 0.3) is 0 Å². The molecule has 0 aliphatic heterocycles. The molecule has 1 atom stereocenters. The van der Waals surface area contributed by atoms with Crippen LogP contribution in [0.1, 0.15) is 39.8 Å². The van der Waals surface area contributed by atoms with Gasteiger partial charge in [-0.15, -0.1) is 0 Å². The fraction of sp³-hybridized carbons (Fsp3) is 0.136. The van der Waals surface area contributed by atoms with E-state index in [-0.39, 0.29) is 18.7 Å². The van der Waals surface area contributed by atoms with Crippen LogP contribution in [0.4, 0.5) is 0 Å². The fourth-order valence-electron chi connectivity index (χ4n) is 6.30. The summed E-state index contributed by atoms with van der Waals surface area (Å²) in [7, 11) is 0. The van der Waals surface area contributed by atoms with E-state index in [4.69, 9.17) is 15.2 Å².